The van der Waals surface area contributed by atoms with Crippen LogP contribution in [0.2, 0.25) is 0 Å². The van der Waals surface area contributed by atoms with E-state index < -0.39 is 0 Å². The van der Waals surface area contributed by atoms with Gasteiger partial charge in [0, 0.05) is 51.1 Å². The molecule has 360 valence electrons. The molecule has 76 heavy (non-hydrogen) atoms. The fourth-order valence-electron chi connectivity index (χ4n) is 10.4. The van der Waals surface area contributed by atoms with Crippen LogP contribution in [0.5, 0.6) is 0 Å². The molecule has 1 aliphatic rings. The summed E-state index contributed by atoms with van der Waals surface area (Å²) in [5.74, 6) is 1.42. The second-order valence-electron chi connectivity index (χ2n) is 18.8. The molecule has 4 heterocycles. The molecule has 0 N–H and O–H groups in total. The Bertz CT molecular complexity index is 3900. The van der Waals surface area contributed by atoms with Crippen molar-refractivity contribution in [2.45, 2.75) is 12.8 Å². The van der Waals surface area contributed by atoms with E-state index in [1.54, 1.807) is 0 Å². The minimum atomic E-state index is 0. The van der Waals surface area contributed by atoms with Gasteiger partial charge >= 0.3 is 0 Å². The van der Waals surface area contributed by atoms with Gasteiger partial charge in [-0.25, -0.2) is 29.9 Å². The van der Waals surface area contributed by atoms with Gasteiger partial charge in [0.15, 0.2) is 11.6 Å². The molecule has 9 aromatic carbocycles. The van der Waals surface area contributed by atoms with Crippen molar-refractivity contribution >= 4 is 21.8 Å². The number of fused-ring (bicyclic) bond motifs is 6. The van der Waals surface area contributed by atoms with Crippen molar-refractivity contribution in [3.63, 3.8) is 0 Å². The van der Waals surface area contributed by atoms with E-state index in [2.05, 4.69) is 188 Å². The van der Waals surface area contributed by atoms with Gasteiger partial charge in [-0.3, -0.25) is 0 Å². The molecule has 14 rings (SSSR count). The molecule has 0 saturated heterocycles. The Kier molecular flexibility index (Phi) is 12.3. The predicted molar refractivity (Wildman–Crippen MR) is 313 cm³/mol. The highest BCUT2D eigenvalue weighted by atomic mass is 14.9. The Morgan fingerprint density at radius 3 is 1.11 bits per heavy atom. The molecule has 0 amide bonds. The summed E-state index contributed by atoms with van der Waals surface area (Å²) in [6.07, 6.45) is 1.76. The van der Waals surface area contributed by atoms with Crippen molar-refractivity contribution in [3.8, 4) is 101 Å². The molecule has 13 aromatic rings. The molecule has 6 heteroatoms. The van der Waals surface area contributed by atoms with E-state index in [9.17, 15) is 0 Å². The van der Waals surface area contributed by atoms with Crippen LogP contribution in [-0.4, -0.2) is 29.9 Å². The van der Waals surface area contributed by atoms with E-state index in [1.807, 2.05) is 78.9 Å². The number of aromatic nitrogens is 6. The monoisotopic (exact) mass is 975 g/mol. The van der Waals surface area contributed by atoms with Crippen LogP contribution in [-0.2, 0) is 12.8 Å². The van der Waals surface area contributed by atoms with E-state index in [-0.39, 0.29) is 1.43 Å². The predicted octanol–water partition coefficient (Wildman–Crippen LogP) is 17.4. The lowest BCUT2D eigenvalue weighted by Gasteiger charge is -2.25. The molecular formula is C70H50N6. The SMILES string of the molecule is [2HH].c1ccc(-c2cc(-c3ccccc3)c3c(n2)-c2nc(-c4ccccc4)nc(-c4ccccc4)c2CC3)cc1.c1ccc(-c2cc(-c3ccccc3)c3ccc4c(-c5ccccc5)nc(-c5ccccc5)nc4c3n2)cc1. The van der Waals surface area contributed by atoms with Crippen molar-refractivity contribution in [2.75, 3.05) is 0 Å². The molecule has 6 nitrogen and oxygen atoms in total. The number of pyridine rings is 2. The van der Waals surface area contributed by atoms with Gasteiger partial charge in [-0.1, -0.05) is 249 Å². The van der Waals surface area contributed by atoms with Gasteiger partial charge in [-0.05, 0) is 58.9 Å². The average molecular weight is 976 g/mol. The number of nitrogens with zero attached hydrogens (tertiary/aromatic N) is 6. The summed E-state index contributed by atoms with van der Waals surface area (Å²) in [6, 6.07) is 91.8. The molecule has 1 aliphatic carbocycles. The Morgan fingerprint density at radius 2 is 0.579 bits per heavy atom. The fourth-order valence-corrected chi connectivity index (χ4v) is 10.4. The first-order valence-corrected chi connectivity index (χ1v) is 25.7. The first-order chi connectivity index (χ1) is 37.7. The molecule has 0 atom stereocenters. The fraction of sp³-hybridized carbons (Fsp3) is 0.0286. The zero-order valence-electron chi connectivity index (χ0n) is 41.5. The van der Waals surface area contributed by atoms with Crippen LogP contribution in [0.15, 0.2) is 267 Å². The number of hydrogen-bond acceptors (Lipinski definition) is 6. The topological polar surface area (TPSA) is 77.3 Å². The summed E-state index contributed by atoms with van der Waals surface area (Å²) < 4.78 is 0. The summed E-state index contributed by atoms with van der Waals surface area (Å²) >= 11 is 0. The smallest absolute Gasteiger partial charge is 0.160 e. The van der Waals surface area contributed by atoms with Crippen molar-refractivity contribution in [1.82, 2.24) is 29.9 Å². The summed E-state index contributed by atoms with van der Waals surface area (Å²) in [5.41, 5.74) is 20.8. The van der Waals surface area contributed by atoms with E-state index in [1.165, 1.54) is 22.3 Å². The molecule has 0 fully saturated rings. The van der Waals surface area contributed by atoms with E-state index >= 15 is 0 Å². The number of benzene rings is 9. The van der Waals surface area contributed by atoms with Gasteiger partial charge in [0.05, 0.1) is 39.7 Å². The van der Waals surface area contributed by atoms with Crippen LogP contribution in [0.3, 0.4) is 0 Å². The quantitative estimate of drug-likeness (QED) is 0.141. The van der Waals surface area contributed by atoms with Crippen LogP contribution in [0, 0.1) is 0 Å². The van der Waals surface area contributed by atoms with Crippen LogP contribution in [0.4, 0.5) is 0 Å². The standard InChI is InChI=1S/C35H25N3.C35H23N3.H2/c2*1-5-13-24(14-6-1)30-23-31(25-15-7-2-8-16-25)36-33-28(30)21-22-29-32(26-17-9-3-10-18-26)37-35(38-34(29)33)27-19-11-4-12-20-27;/h1-20,23H,21-22H2;1-23H;1H/i;;1+1. The molecule has 0 aliphatic heterocycles. The van der Waals surface area contributed by atoms with E-state index in [0.29, 0.717) is 5.82 Å². The van der Waals surface area contributed by atoms with Gasteiger partial charge < -0.3 is 0 Å². The minimum absolute atomic E-state index is 0. The van der Waals surface area contributed by atoms with Gasteiger partial charge in [0.1, 0.15) is 5.52 Å². The Labute approximate surface area is 443 Å². The van der Waals surface area contributed by atoms with Gasteiger partial charge in [-0.15, -0.1) is 0 Å². The van der Waals surface area contributed by atoms with Crippen molar-refractivity contribution in [2.24, 2.45) is 0 Å². The van der Waals surface area contributed by atoms with Crippen LogP contribution >= 0.6 is 0 Å². The maximum atomic E-state index is 5.29. The Balaban J connectivity index is 0.000000153. The van der Waals surface area contributed by atoms with Crippen molar-refractivity contribution in [3.05, 3.63) is 278 Å². The average Bonchev–Trinajstić information content (AvgIpc) is 3.60. The highest BCUT2D eigenvalue weighted by molar-refractivity contribution is 6.12. The maximum Gasteiger partial charge on any atom is 0.160 e. The second kappa shape index (κ2) is 20.5. The summed E-state index contributed by atoms with van der Waals surface area (Å²) in [7, 11) is 0. The lowest BCUT2D eigenvalue weighted by Crippen LogP contribution is -2.13. The highest BCUT2D eigenvalue weighted by Crippen LogP contribution is 2.43. The third kappa shape index (κ3) is 8.99. The van der Waals surface area contributed by atoms with Gasteiger partial charge in [0.25, 0.3) is 0 Å². The van der Waals surface area contributed by atoms with E-state index in [4.69, 9.17) is 29.9 Å². The summed E-state index contributed by atoms with van der Waals surface area (Å²) in [4.78, 5) is 31.1. The Hall–Kier alpha value is -10.0. The zero-order valence-corrected chi connectivity index (χ0v) is 41.5. The minimum Gasteiger partial charge on any atom is -0.246 e. The molecule has 0 radical (unpaired) electrons. The van der Waals surface area contributed by atoms with Crippen molar-refractivity contribution < 1.29 is 1.43 Å². The van der Waals surface area contributed by atoms with Gasteiger partial charge in [0.2, 0.25) is 0 Å². The lowest BCUT2D eigenvalue weighted by atomic mass is 9.85. The normalized spacial score (nSPS) is 11.6. The maximum absolute atomic E-state index is 5.29. The lowest BCUT2D eigenvalue weighted by molar-refractivity contribution is 0.905. The molecule has 4 aromatic heterocycles. The highest BCUT2D eigenvalue weighted by Gasteiger charge is 2.28. The third-order valence-corrected chi connectivity index (χ3v) is 14.1. The van der Waals surface area contributed by atoms with Gasteiger partial charge in [-0.2, -0.15) is 0 Å². The molecular weight excluding hydrogens is 925 g/mol. The molecule has 0 bridgehead atoms. The Morgan fingerprint density at radius 1 is 0.237 bits per heavy atom. The first kappa shape index (κ1) is 45.8. The van der Waals surface area contributed by atoms with Crippen LogP contribution < -0.4 is 0 Å². The summed E-state index contributed by atoms with van der Waals surface area (Å²) in [5, 5.41) is 2.06. The zero-order chi connectivity index (χ0) is 50.6. The van der Waals surface area contributed by atoms with E-state index in [0.717, 1.165) is 119 Å². The van der Waals surface area contributed by atoms with Crippen LogP contribution in [0.1, 0.15) is 12.6 Å². The summed E-state index contributed by atoms with van der Waals surface area (Å²) in [6.45, 7) is 0. The molecule has 0 spiro atoms. The van der Waals surface area contributed by atoms with Crippen molar-refractivity contribution in [1.29, 1.82) is 0 Å². The van der Waals surface area contributed by atoms with Crippen LogP contribution in [0.25, 0.3) is 123 Å². The third-order valence-electron chi connectivity index (χ3n) is 14.1. The largest absolute Gasteiger partial charge is 0.246 e. The molecule has 0 unspecified atom stereocenters. The first-order valence-electron chi connectivity index (χ1n) is 25.7. The molecule has 0 saturated carbocycles. The second-order valence-corrected chi connectivity index (χ2v) is 18.8. The number of rotatable bonds is 8. The number of hydrogen-bond donors (Lipinski definition) is 0.